The summed E-state index contributed by atoms with van der Waals surface area (Å²) in [6, 6.07) is 3.50. The van der Waals surface area contributed by atoms with Gasteiger partial charge in [0.05, 0.1) is 5.54 Å². The quantitative estimate of drug-likeness (QED) is 0.790. The van der Waals surface area contributed by atoms with Crippen LogP contribution in [0, 0.1) is 0 Å². The standard InChI is InChI=1S/C16H21N3O2/c1-18-14(20)4-2-7-16(18)8-3-11-19(12-16)15(21)13-5-9-17-10-6-13/h5-6,9-10H,2-4,7-8,11-12H2,1H3/t16-/m1/s1. The molecule has 3 rings (SSSR count). The SMILES string of the molecule is CN1C(=O)CCC[C@]12CCCN(C(=O)c1ccncc1)C2. The van der Waals surface area contributed by atoms with Crippen LogP contribution in [0.25, 0.3) is 0 Å². The van der Waals surface area contributed by atoms with E-state index in [9.17, 15) is 9.59 Å². The van der Waals surface area contributed by atoms with Gasteiger partial charge in [0.15, 0.2) is 0 Å². The van der Waals surface area contributed by atoms with Crippen LogP contribution in [0.3, 0.4) is 0 Å². The molecule has 21 heavy (non-hydrogen) atoms. The first-order valence-electron chi connectivity index (χ1n) is 7.58. The van der Waals surface area contributed by atoms with Crippen molar-refractivity contribution in [2.75, 3.05) is 20.1 Å². The summed E-state index contributed by atoms with van der Waals surface area (Å²) in [7, 11) is 1.89. The molecule has 0 bridgehead atoms. The highest BCUT2D eigenvalue weighted by Gasteiger charge is 2.44. The number of aromatic nitrogens is 1. The third-order valence-corrected chi connectivity index (χ3v) is 4.89. The minimum Gasteiger partial charge on any atom is -0.338 e. The topological polar surface area (TPSA) is 53.5 Å². The van der Waals surface area contributed by atoms with Crippen LogP contribution in [0.1, 0.15) is 42.5 Å². The lowest BCUT2D eigenvalue weighted by Crippen LogP contribution is -2.61. The van der Waals surface area contributed by atoms with Crippen LogP contribution in [0.2, 0.25) is 0 Å². The minimum atomic E-state index is -0.156. The summed E-state index contributed by atoms with van der Waals surface area (Å²) in [4.78, 5) is 32.4. The van der Waals surface area contributed by atoms with Gasteiger partial charge in [-0.3, -0.25) is 14.6 Å². The predicted octanol–water partition coefficient (Wildman–Crippen LogP) is 1.70. The molecule has 1 atom stereocenters. The average molecular weight is 287 g/mol. The summed E-state index contributed by atoms with van der Waals surface area (Å²) in [5, 5.41) is 0. The Bertz CT molecular complexity index is 542. The number of hydrogen-bond donors (Lipinski definition) is 0. The van der Waals surface area contributed by atoms with Crippen molar-refractivity contribution in [1.82, 2.24) is 14.8 Å². The van der Waals surface area contributed by atoms with E-state index in [1.165, 1.54) is 0 Å². The second-order valence-electron chi connectivity index (χ2n) is 6.10. The molecule has 0 aliphatic carbocycles. The van der Waals surface area contributed by atoms with E-state index in [1.54, 1.807) is 24.5 Å². The molecule has 0 saturated carbocycles. The van der Waals surface area contributed by atoms with E-state index < -0.39 is 0 Å². The van der Waals surface area contributed by atoms with Crippen LogP contribution in [0.15, 0.2) is 24.5 Å². The van der Waals surface area contributed by atoms with Crippen molar-refractivity contribution in [2.24, 2.45) is 0 Å². The molecule has 3 heterocycles. The number of hydrogen-bond acceptors (Lipinski definition) is 3. The van der Waals surface area contributed by atoms with Crippen molar-refractivity contribution >= 4 is 11.8 Å². The lowest BCUT2D eigenvalue weighted by Gasteiger charge is -2.50. The van der Waals surface area contributed by atoms with E-state index in [1.807, 2.05) is 16.8 Å². The molecule has 0 unspecified atom stereocenters. The van der Waals surface area contributed by atoms with Gasteiger partial charge < -0.3 is 9.80 Å². The highest BCUT2D eigenvalue weighted by Crippen LogP contribution is 2.35. The number of amides is 2. The van der Waals surface area contributed by atoms with Crippen molar-refractivity contribution in [1.29, 1.82) is 0 Å². The Kier molecular flexibility index (Phi) is 3.66. The van der Waals surface area contributed by atoms with Crippen molar-refractivity contribution in [3.8, 4) is 0 Å². The number of pyridine rings is 1. The van der Waals surface area contributed by atoms with Crippen LogP contribution < -0.4 is 0 Å². The number of piperidine rings is 2. The molecule has 0 radical (unpaired) electrons. The van der Waals surface area contributed by atoms with E-state index in [-0.39, 0.29) is 17.4 Å². The summed E-state index contributed by atoms with van der Waals surface area (Å²) in [5.41, 5.74) is 0.517. The summed E-state index contributed by atoms with van der Waals surface area (Å²) >= 11 is 0. The zero-order chi connectivity index (χ0) is 14.9. The van der Waals surface area contributed by atoms with Gasteiger partial charge in [-0.1, -0.05) is 0 Å². The van der Waals surface area contributed by atoms with Gasteiger partial charge in [0, 0.05) is 44.5 Å². The Balaban J connectivity index is 1.80. The van der Waals surface area contributed by atoms with Gasteiger partial charge in [-0.25, -0.2) is 0 Å². The number of carbonyl (C=O) groups is 2. The fourth-order valence-electron chi connectivity index (χ4n) is 3.61. The first-order chi connectivity index (χ1) is 10.1. The van der Waals surface area contributed by atoms with Crippen LogP contribution >= 0.6 is 0 Å². The molecule has 2 amide bonds. The lowest BCUT2D eigenvalue weighted by molar-refractivity contribution is -0.142. The van der Waals surface area contributed by atoms with E-state index in [2.05, 4.69) is 4.98 Å². The van der Waals surface area contributed by atoms with Gasteiger partial charge in [0.2, 0.25) is 5.91 Å². The summed E-state index contributed by atoms with van der Waals surface area (Å²) in [5.74, 6) is 0.252. The number of likely N-dealkylation sites (tertiary alicyclic amines) is 2. The molecular formula is C16H21N3O2. The Labute approximate surface area is 124 Å². The molecule has 2 saturated heterocycles. The van der Waals surface area contributed by atoms with Crippen LogP contribution in [0.4, 0.5) is 0 Å². The van der Waals surface area contributed by atoms with Crippen molar-refractivity contribution in [2.45, 2.75) is 37.6 Å². The number of rotatable bonds is 1. The molecule has 2 aliphatic heterocycles. The number of likely N-dealkylation sites (N-methyl/N-ethyl adjacent to an activating group) is 1. The monoisotopic (exact) mass is 287 g/mol. The third kappa shape index (κ3) is 2.52. The highest BCUT2D eigenvalue weighted by molar-refractivity contribution is 5.94. The average Bonchev–Trinajstić information content (AvgIpc) is 2.53. The lowest BCUT2D eigenvalue weighted by atomic mass is 9.80. The molecule has 5 nitrogen and oxygen atoms in total. The van der Waals surface area contributed by atoms with Crippen molar-refractivity contribution in [3.05, 3.63) is 30.1 Å². The predicted molar refractivity (Wildman–Crippen MR) is 78.7 cm³/mol. The molecule has 0 aromatic carbocycles. The van der Waals surface area contributed by atoms with E-state index in [0.717, 1.165) is 32.2 Å². The summed E-state index contributed by atoms with van der Waals surface area (Å²) in [6.07, 6.45) is 7.79. The first-order valence-corrected chi connectivity index (χ1v) is 7.58. The molecule has 5 heteroatoms. The van der Waals surface area contributed by atoms with Gasteiger partial charge >= 0.3 is 0 Å². The summed E-state index contributed by atoms with van der Waals surface area (Å²) < 4.78 is 0. The smallest absolute Gasteiger partial charge is 0.254 e. The van der Waals surface area contributed by atoms with Gasteiger partial charge in [-0.2, -0.15) is 0 Å². The van der Waals surface area contributed by atoms with Crippen molar-refractivity contribution in [3.63, 3.8) is 0 Å². The Morgan fingerprint density at radius 1 is 1.24 bits per heavy atom. The number of carbonyl (C=O) groups excluding carboxylic acids is 2. The first kappa shape index (κ1) is 14.0. The maximum Gasteiger partial charge on any atom is 0.254 e. The highest BCUT2D eigenvalue weighted by atomic mass is 16.2. The van der Waals surface area contributed by atoms with Crippen LogP contribution in [-0.4, -0.2) is 52.3 Å². The zero-order valence-corrected chi connectivity index (χ0v) is 12.4. The van der Waals surface area contributed by atoms with E-state index >= 15 is 0 Å². The van der Waals surface area contributed by atoms with Gasteiger partial charge in [-0.15, -0.1) is 0 Å². The Hall–Kier alpha value is -1.91. The minimum absolute atomic E-state index is 0.0443. The van der Waals surface area contributed by atoms with Crippen molar-refractivity contribution < 1.29 is 9.59 Å². The molecule has 112 valence electrons. The third-order valence-electron chi connectivity index (χ3n) is 4.89. The van der Waals surface area contributed by atoms with Gasteiger partial charge in [-0.05, 0) is 37.8 Å². The maximum atomic E-state index is 12.6. The molecular weight excluding hydrogens is 266 g/mol. The molecule has 1 aromatic rings. The fraction of sp³-hybridized carbons (Fsp3) is 0.562. The second-order valence-corrected chi connectivity index (χ2v) is 6.10. The molecule has 1 aromatic heterocycles. The second kappa shape index (κ2) is 5.47. The molecule has 1 spiro atoms. The largest absolute Gasteiger partial charge is 0.338 e. The molecule has 2 aliphatic rings. The molecule has 2 fully saturated rings. The van der Waals surface area contributed by atoms with Gasteiger partial charge in [0.1, 0.15) is 0 Å². The van der Waals surface area contributed by atoms with Crippen LogP contribution in [-0.2, 0) is 4.79 Å². The van der Waals surface area contributed by atoms with E-state index in [4.69, 9.17) is 0 Å². The Morgan fingerprint density at radius 2 is 1.95 bits per heavy atom. The number of nitrogens with zero attached hydrogens (tertiary/aromatic N) is 3. The van der Waals surface area contributed by atoms with E-state index in [0.29, 0.717) is 18.5 Å². The zero-order valence-electron chi connectivity index (χ0n) is 12.4. The normalized spacial score (nSPS) is 26.2. The van der Waals surface area contributed by atoms with Crippen LogP contribution in [0.5, 0.6) is 0 Å². The molecule has 0 N–H and O–H groups in total. The van der Waals surface area contributed by atoms with Gasteiger partial charge in [0.25, 0.3) is 5.91 Å². The fourth-order valence-corrected chi connectivity index (χ4v) is 3.61. The Morgan fingerprint density at radius 3 is 2.71 bits per heavy atom. The maximum absolute atomic E-state index is 12.6. The summed E-state index contributed by atoms with van der Waals surface area (Å²) in [6.45, 7) is 1.42.